The molecule has 1 fully saturated rings. The van der Waals surface area contributed by atoms with Gasteiger partial charge < -0.3 is 24.7 Å². The molecule has 10 heteroatoms. The fraction of sp³-hybridized carbons (Fsp3) is 0.429. The van der Waals surface area contributed by atoms with Crippen molar-refractivity contribution in [1.82, 2.24) is 19.9 Å². The zero-order valence-electron chi connectivity index (χ0n) is 23.3. The van der Waals surface area contributed by atoms with Gasteiger partial charge in [-0.05, 0) is 50.4 Å². The van der Waals surface area contributed by atoms with Crippen molar-refractivity contribution in [2.24, 2.45) is 0 Å². The predicted octanol–water partition coefficient (Wildman–Crippen LogP) is 5.75. The fourth-order valence-electron chi connectivity index (χ4n) is 2.63. The molecule has 4 rings (SSSR count). The van der Waals surface area contributed by atoms with Crippen LogP contribution in [0.1, 0.15) is 59.9 Å². The van der Waals surface area contributed by atoms with Crippen molar-refractivity contribution in [2.75, 3.05) is 18.5 Å². The van der Waals surface area contributed by atoms with Crippen LogP contribution in [0.25, 0.3) is 0 Å². The van der Waals surface area contributed by atoms with E-state index in [1.807, 2.05) is 71.9 Å². The molecule has 0 atom stereocenters. The molecular weight excluding hydrogens is 664 g/mol. The van der Waals surface area contributed by atoms with Crippen molar-refractivity contribution in [1.29, 1.82) is 0 Å². The van der Waals surface area contributed by atoms with Gasteiger partial charge in [0.2, 0.25) is 5.95 Å². The summed E-state index contributed by atoms with van der Waals surface area (Å²) in [5, 5.41) is 5.48. The Morgan fingerprint density at radius 3 is 2.00 bits per heavy atom. The van der Waals surface area contributed by atoms with E-state index in [1.54, 1.807) is 41.7 Å². The van der Waals surface area contributed by atoms with Crippen molar-refractivity contribution in [2.45, 2.75) is 67.0 Å². The molecule has 0 unspecified atom stereocenters. The molecule has 3 heterocycles. The number of carbonyl (C=O) groups excluding carboxylic acids is 1. The van der Waals surface area contributed by atoms with Crippen molar-refractivity contribution in [3.05, 3.63) is 83.0 Å². The second-order valence-corrected chi connectivity index (χ2v) is 7.29. The van der Waals surface area contributed by atoms with Crippen molar-refractivity contribution >= 4 is 18.0 Å². The Morgan fingerprint density at radius 2 is 1.55 bits per heavy atom. The molecule has 1 aliphatic rings. The van der Waals surface area contributed by atoms with Crippen LogP contribution in [-0.2, 0) is 35.2 Å². The van der Waals surface area contributed by atoms with Gasteiger partial charge in [0.1, 0.15) is 0 Å². The average Bonchev–Trinajstić information content (AvgIpc) is 3.56. The first-order valence-corrected chi connectivity index (χ1v) is 13.7. The molecule has 2 aromatic heterocycles. The van der Waals surface area contributed by atoms with Crippen LogP contribution in [0.15, 0.2) is 71.9 Å². The van der Waals surface area contributed by atoms with Crippen LogP contribution >= 0.6 is 0 Å². The summed E-state index contributed by atoms with van der Waals surface area (Å²) in [6, 6.07) is 15.1. The molecule has 2 N–H and O–H groups in total. The summed E-state index contributed by atoms with van der Waals surface area (Å²) in [6.45, 7) is 14.3. The minimum atomic E-state index is -0.0432. The molecule has 1 amide bonds. The zero-order valence-corrected chi connectivity index (χ0v) is 25.8. The van der Waals surface area contributed by atoms with E-state index in [9.17, 15) is 12.9 Å². The molecule has 0 radical (unpaired) electrons. The maximum absolute atomic E-state index is 11.9. The molecule has 0 bridgehead atoms. The van der Waals surface area contributed by atoms with E-state index in [1.165, 1.54) is 18.9 Å². The van der Waals surface area contributed by atoms with Crippen LogP contribution in [-0.4, -0.2) is 40.2 Å². The number of hydrogen-bond donors (Lipinski definition) is 2. The van der Waals surface area contributed by atoms with Gasteiger partial charge in [-0.15, -0.1) is 0 Å². The van der Waals surface area contributed by atoms with Crippen LogP contribution in [0.4, 0.5) is 14.9 Å². The van der Waals surface area contributed by atoms with E-state index in [-0.39, 0.29) is 11.6 Å². The predicted molar refractivity (Wildman–Crippen MR) is 149 cm³/mol. The first-order valence-electron chi connectivity index (χ1n) is 12.7. The van der Waals surface area contributed by atoms with Gasteiger partial charge in [0.05, 0.1) is 12.2 Å². The fourth-order valence-corrected chi connectivity index (χ4v) is 2.63. The zero-order chi connectivity index (χ0) is 29.0. The Hall–Kier alpha value is -2.95. The van der Waals surface area contributed by atoms with Crippen LogP contribution in [0, 0.1) is 0 Å². The molecule has 1 saturated heterocycles. The van der Waals surface area contributed by atoms with Gasteiger partial charge in [-0.3, -0.25) is 4.79 Å². The number of anilines is 2. The number of amides is 1. The van der Waals surface area contributed by atoms with Gasteiger partial charge in [0.15, 0.2) is 0 Å². The number of pyridine rings is 1. The second kappa shape index (κ2) is 27.1. The Balaban J connectivity index is 0. The Bertz CT molecular complexity index is 965. The molecule has 0 aliphatic carbocycles. The van der Waals surface area contributed by atoms with E-state index in [4.69, 9.17) is 4.74 Å². The Labute approximate surface area is 238 Å². The molecule has 3 aromatic rings. The monoisotopic (exact) mass is 707 g/mol. The summed E-state index contributed by atoms with van der Waals surface area (Å²) in [6.07, 6.45) is 9.22. The third-order valence-electron chi connectivity index (χ3n) is 4.18. The molecule has 213 valence electrons. The topological polar surface area (TPSA) is 98.1 Å². The second-order valence-electron chi connectivity index (χ2n) is 7.29. The third kappa shape index (κ3) is 19.2. The summed E-state index contributed by atoms with van der Waals surface area (Å²) in [5.41, 5.74) is 1.81. The van der Waals surface area contributed by atoms with Gasteiger partial charge in [-0.2, -0.15) is 6.41 Å². The first kappa shape index (κ1) is 37.2. The van der Waals surface area contributed by atoms with E-state index in [0.29, 0.717) is 31.6 Å². The maximum atomic E-state index is 11.9. The van der Waals surface area contributed by atoms with E-state index in [0.717, 1.165) is 24.5 Å². The van der Waals surface area contributed by atoms with Crippen molar-refractivity contribution < 1.29 is 31.9 Å². The summed E-state index contributed by atoms with van der Waals surface area (Å²) < 4.78 is 16.1. The van der Waals surface area contributed by atoms with Gasteiger partial charge >= 0.3 is 22.4 Å². The molecule has 0 spiro atoms. The number of nitrogens with one attached hydrogen (secondary N) is 2. The third-order valence-corrected chi connectivity index (χ3v) is 4.18. The van der Waals surface area contributed by atoms with Crippen molar-refractivity contribution in [3.8, 4) is 0 Å². The van der Waals surface area contributed by atoms with Crippen LogP contribution < -0.4 is 16.2 Å². The Morgan fingerprint density at radius 1 is 0.974 bits per heavy atom. The normalized spacial score (nSPS) is 10.7. The number of halogens is 1. The summed E-state index contributed by atoms with van der Waals surface area (Å²) >= 11 is 0.361. The molecule has 1 aliphatic heterocycles. The van der Waals surface area contributed by atoms with Gasteiger partial charge in [0, 0.05) is 37.9 Å². The standard InChI is InChI=1S/C16H14N4O.C4H8NO.C4H8O.2C2H6.FH.Os/c21-15-8-7-14(19-16-17-9-4-10-18-16)12-20(15)11-13-5-2-1-3-6-13;1-4(2)5-3-6;1-2-4-5-3-1;2*1-2;;/h1-10,12H,11H2,(H,17,18,19);4H,1-2H3,(H,5,6);1-4H2;2*1-2H3;1H;/q;-1;;;;;+1/p-1. The first-order chi connectivity index (χ1) is 18.6. The molecular formula is C28H42FN5O3Os-. The molecule has 38 heavy (non-hydrogen) atoms. The SMILES string of the molecule is C1CCOC1.CC.CC.CC(C)N[C-]=O.O=c1ccc(Nc2ncccn2)cn1Cc1ccccc1.[F][Os]. The number of hydrogen-bond acceptors (Lipinski definition) is 6. The van der Waals surface area contributed by atoms with E-state index >= 15 is 0 Å². The summed E-state index contributed by atoms with van der Waals surface area (Å²) in [5.74, 6) is 0.502. The Kier molecular flexibility index (Phi) is 26.5. The van der Waals surface area contributed by atoms with E-state index < -0.39 is 0 Å². The average molecular weight is 706 g/mol. The summed E-state index contributed by atoms with van der Waals surface area (Å²) in [7, 11) is 0. The molecule has 0 saturated carbocycles. The summed E-state index contributed by atoms with van der Waals surface area (Å²) in [4.78, 5) is 29.5. The van der Waals surface area contributed by atoms with Crippen LogP contribution in [0.2, 0.25) is 0 Å². The van der Waals surface area contributed by atoms with Crippen LogP contribution in [0.5, 0.6) is 0 Å². The number of aromatic nitrogens is 3. The van der Waals surface area contributed by atoms with Gasteiger partial charge in [0.25, 0.3) is 5.56 Å². The number of benzene rings is 1. The van der Waals surface area contributed by atoms with E-state index in [2.05, 4.69) is 20.6 Å². The molecule has 1 aromatic carbocycles. The number of ether oxygens (including phenoxy) is 1. The van der Waals surface area contributed by atoms with Crippen LogP contribution in [0.3, 0.4) is 0 Å². The number of nitrogens with zero attached hydrogens (tertiary/aromatic N) is 3. The quantitative estimate of drug-likeness (QED) is 0.251. The van der Waals surface area contributed by atoms with Gasteiger partial charge in [-0.1, -0.05) is 58.0 Å². The van der Waals surface area contributed by atoms with Gasteiger partial charge in [-0.25, -0.2) is 9.97 Å². The molecule has 8 nitrogen and oxygen atoms in total. The van der Waals surface area contributed by atoms with Crippen molar-refractivity contribution in [3.63, 3.8) is 0 Å². The number of rotatable bonds is 6. The minimum absolute atomic E-state index is 0.0432.